The summed E-state index contributed by atoms with van der Waals surface area (Å²) < 4.78 is 2.17. The molecule has 0 atom stereocenters. The number of carboxylic acid groups (broad SMARTS) is 1. The van der Waals surface area contributed by atoms with Gasteiger partial charge in [0.15, 0.2) is 0 Å². The molecule has 4 rings (SSSR count). The first-order valence-electron chi connectivity index (χ1n) is 9.86. The summed E-state index contributed by atoms with van der Waals surface area (Å²) in [5.74, 6) is -1.00. The molecule has 32 heavy (non-hydrogen) atoms. The van der Waals surface area contributed by atoms with Gasteiger partial charge in [-0.05, 0) is 54.5 Å². The largest absolute Gasteiger partial charge is 0.478 e. The van der Waals surface area contributed by atoms with Gasteiger partial charge in [-0.3, -0.25) is 0 Å². The van der Waals surface area contributed by atoms with Crippen molar-refractivity contribution in [1.29, 1.82) is 5.26 Å². The van der Waals surface area contributed by atoms with Gasteiger partial charge in [-0.25, -0.2) is 4.79 Å². The summed E-state index contributed by atoms with van der Waals surface area (Å²) in [5, 5.41) is 21.1. The van der Waals surface area contributed by atoms with Crippen LogP contribution in [0.4, 0.5) is 0 Å². The van der Waals surface area contributed by atoms with E-state index in [4.69, 9.17) is 28.3 Å². The molecule has 0 amide bonds. The van der Waals surface area contributed by atoms with E-state index in [-0.39, 0.29) is 5.56 Å². The van der Waals surface area contributed by atoms with Gasteiger partial charge in [0.05, 0.1) is 17.2 Å². The minimum atomic E-state index is -1.00. The maximum absolute atomic E-state index is 11.1. The van der Waals surface area contributed by atoms with Crippen molar-refractivity contribution in [3.05, 3.63) is 105 Å². The molecule has 0 fully saturated rings. The molecule has 0 bridgehead atoms. The molecule has 0 aliphatic rings. The Morgan fingerprint density at radius 1 is 1.06 bits per heavy atom. The Balaban J connectivity index is 1.83. The lowest BCUT2D eigenvalue weighted by Gasteiger charge is -2.11. The van der Waals surface area contributed by atoms with Crippen molar-refractivity contribution in [2.24, 2.45) is 0 Å². The highest BCUT2D eigenvalue weighted by Gasteiger charge is 2.15. The average molecular weight is 461 g/mol. The zero-order valence-electron chi connectivity index (χ0n) is 17.1. The molecule has 6 heteroatoms. The molecule has 1 heterocycles. The van der Waals surface area contributed by atoms with Gasteiger partial charge >= 0.3 is 5.97 Å². The molecule has 1 aromatic heterocycles. The number of aromatic nitrogens is 1. The Morgan fingerprint density at radius 2 is 1.75 bits per heavy atom. The summed E-state index contributed by atoms with van der Waals surface area (Å²) in [6.45, 7) is 2.57. The number of nitriles is 1. The van der Waals surface area contributed by atoms with Crippen LogP contribution in [-0.2, 0) is 6.54 Å². The third-order valence-electron chi connectivity index (χ3n) is 5.48. The standard InChI is InChI=1S/C26H18Cl2N2O2/c1-16-23(12-20(14-29)17-6-8-18(9-7-17)26(31)32)22-4-2-3-5-25(22)30(16)15-19-10-11-21(27)13-24(19)28/h2-13H,15H2,1H3,(H,31,32)/b20-12-. The number of para-hydroxylation sites is 1. The van der Waals surface area contributed by atoms with Crippen molar-refractivity contribution in [3.8, 4) is 6.07 Å². The Kier molecular flexibility index (Phi) is 6.05. The van der Waals surface area contributed by atoms with Crippen LogP contribution in [0.5, 0.6) is 0 Å². The summed E-state index contributed by atoms with van der Waals surface area (Å²) in [6.07, 6.45) is 1.85. The fourth-order valence-electron chi connectivity index (χ4n) is 3.78. The minimum absolute atomic E-state index is 0.179. The minimum Gasteiger partial charge on any atom is -0.478 e. The second-order valence-corrected chi connectivity index (χ2v) is 8.23. The number of halogens is 2. The lowest BCUT2D eigenvalue weighted by atomic mass is 10.0. The third-order valence-corrected chi connectivity index (χ3v) is 6.06. The fraction of sp³-hybridized carbons (Fsp3) is 0.0769. The molecule has 4 aromatic rings. The number of allylic oxidation sites excluding steroid dienone is 1. The molecule has 0 aliphatic heterocycles. The van der Waals surface area contributed by atoms with E-state index >= 15 is 0 Å². The molecule has 1 N–H and O–H groups in total. The molecule has 0 spiro atoms. The maximum atomic E-state index is 11.1. The number of aromatic carboxylic acids is 1. The molecule has 0 saturated heterocycles. The number of nitrogens with zero attached hydrogens (tertiary/aromatic N) is 2. The van der Waals surface area contributed by atoms with Crippen LogP contribution in [0.1, 0.15) is 32.7 Å². The number of carbonyl (C=O) groups is 1. The van der Waals surface area contributed by atoms with E-state index < -0.39 is 5.97 Å². The van der Waals surface area contributed by atoms with Crippen molar-refractivity contribution in [2.45, 2.75) is 13.5 Å². The molecular formula is C26H18Cl2N2O2. The SMILES string of the molecule is Cc1c(/C=C(/C#N)c2ccc(C(=O)O)cc2)c2ccccc2n1Cc1ccc(Cl)cc1Cl. The van der Waals surface area contributed by atoms with E-state index in [1.54, 1.807) is 18.2 Å². The number of rotatable bonds is 5. The molecule has 158 valence electrons. The van der Waals surface area contributed by atoms with Crippen molar-refractivity contribution < 1.29 is 9.90 Å². The summed E-state index contributed by atoms with van der Waals surface area (Å²) in [6, 6.07) is 22.0. The van der Waals surface area contributed by atoms with Gasteiger partial charge < -0.3 is 9.67 Å². The van der Waals surface area contributed by atoms with E-state index in [1.165, 1.54) is 12.1 Å². The van der Waals surface area contributed by atoms with Gasteiger partial charge in [0.25, 0.3) is 0 Å². The first-order chi connectivity index (χ1) is 15.4. The monoisotopic (exact) mass is 460 g/mol. The Hall–Kier alpha value is -3.52. The number of carboxylic acids is 1. The van der Waals surface area contributed by atoms with E-state index in [1.807, 2.05) is 49.4 Å². The predicted octanol–water partition coefficient (Wildman–Crippen LogP) is 7.07. The summed E-state index contributed by atoms with van der Waals surface area (Å²) in [5.41, 5.74) is 5.20. The fourth-order valence-corrected chi connectivity index (χ4v) is 4.25. The molecule has 0 saturated carbocycles. The van der Waals surface area contributed by atoms with Crippen LogP contribution in [-0.4, -0.2) is 15.6 Å². The number of benzene rings is 3. The topological polar surface area (TPSA) is 66.0 Å². The lowest BCUT2D eigenvalue weighted by molar-refractivity contribution is 0.0697. The molecule has 0 radical (unpaired) electrons. The van der Waals surface area contributed by atoms with Crippen molar-refractivity contribution in [1.82, 2.24) is 4.57 Å². The summed E-state index contributed by atoms with van der Waals surface area (Å²) in [4.78, 5) is 11.1. The van der Waals surface area contributed by atoms with Crippen molar-refractivity contribution in [2.75, 3.05) is 0 Å². The number of hydrogen-bond acceptors (Lipinski definition) is 2. The van der Waals surface area contributed by atoms with Crippen LogP contribution in [0.25, 0.3) is 22.6 Å². The highest BCUT2D eigenvalue weighted by Crippen LogP contribution is 2.32. The van der Waals surface area contributed by atoms with E-state index in [0.29, 0.717) is 27.7 Å². The van der Waals surface area contributed by atoms with Gasteiger partial charge in [-0.2, -0.15) is 5.26 Å². The second kappa shape index (κ2) is 8.92. The van der Waals surface area contributed by atoms with Crippen molar-refractivity contribution >= 4 is 51.7 Å². The van der Waals surface area contributed by atoms with Crippen LogP contribution in [0.2, 0.25) is 10.0 Å². The Labute approximate surface area is 195 Å². The third kappa shape index (κ3) is 4.13. The predicted molar refractivity (Wildman–Crippen MR) is 129 cm³/mol. The summed E-state index contributed by atoms with van der Waals surface area (Å²) in [7, 11) is 0. The quantitative estimate of drug-likeness (QED) is 0.324. The molecule has 3 aromatic carbocycles. The maximum Gasteiger partial charge on any atom is 0.335 e. The van der Waals surface area contributed by atoms with Crippen molar-refractivity contribution in [3.63, 3.8) is 0 Å². The first kappa shape index (κ1) is 21.7. The highest BCUT2D eigenvalue weighted by molar-refractivity contribution is 6.35. The zero-order chi connectivity index (χ0) is 22.8. The number of hydrogen-bond donors (Lipinski definition) is 1. The van der Waals surface area contributed by atoms with Crippen LogP contribution in [0, 0.1) is 18.3 Å². The van der Waals surface area contributed by atoms with Crippen LogP contribution in [0.3, 0.4) is 0 Å². The first-order valence-corrected chi connectivity index (χ1v) is 10.6. The summed E-state index contributed by atoms with van der Waals surface area (Å²) >= 11 is 12.5. The van der Waals surface area contributed by atoms with E-state index in [0.717, 1.165) is 27.7 Å². The van der Waals surface area contributed by atoms with E-state index in [2.05, 4.69) is 10.6 Å². The normalized spacial score (nSPS) is 11.5. The lowest BCUT2D eigenvalue weighted by Crippen LogP contribution is -2.02. The Bertz CT molecular complexity index is 1410. The molecule has 0 aliphatic carbocycles. The molecule has 0 unspecified atom stereocenters. The Morgan fingerprint density at radius 3 is 2.41 bits per heavy atom. The second-order valence-electron chi connectivity index (χ2n) is 7.39. The average Bonchev–Trinajstić information content (AvgIpc) is 3.05. The molecule has 4 nitrogen and oxygen atoms in total. The smallest absolute Gasteiger partial charge is 0.335 e. The highest BCUT2D eigenvalue weighted by atomic mass is 35.5. The van der Waals surface area contributed by atoms with Crippen LogP contribution >= 0.6 is 23.2 Å². The van der Waals surface area contributed by atoms with Gasteiger partial charge in [0.1, 0.15) is 0 Å². The van der Waals surface area contributed by atoms with Gasteiger partial charge in [0.2, 0.25) is 0 Å². The molecular weight excluding hydrogens is 443 g/mol. The zero-order valence-corrected chi connectivity index (χ0v) is 18.7. The van der Waals surface area contributed by atoms with Gasteiger partial charge in [-0.1, -0.05) is 59.6 Å². The van der Waals surface area contributed by atoms with Crippen LogP contribution < -0.4 is 0 Å². The van der Waals surface area contributed by atoms with E-state index in [9.17, 15) is 10.1 Å². The van der Waals surface area contributed by atoms with Gasteiger partial charge in [-0.15, -0.1) is 0 Å². The van der Waals surface area contributed by atoms with Gasteiger partial charge in [0, 0.05) is 38.8 Å². The number of fused-ring (bicyclic) bond motifs is 1. The van der Waals surface area contributed by atoms with Crippen LogP contribution in [0.15, 0.2) is 66.7 Å².